The lowest BCUT2D eigenvalue weighted by molar-refractivity contribution is 0.0597. The van der Waals surface area contributed by atoms with Gasteiger partial charge in [0, 0.05) is 17.0 Å². The van der Waals surface area contributed by atoms with Crippen LogP contribution >= 0.6 is 11.3 Å². The number of carbonyl (C=O) groups is 1. The molecule has 28 heavy (non-hydrogen) atoms. The summed E-state index contributed by atoms with van der Waals surface area (Å²) >= 11 is 1.25. The van der Waals surface area contributed by atoms with Crippen LogP contribution in [0.2, 0.25) is 0 Å². The van der Waals surface area contributed by atoms with Gasteiger partial charge in [-0.15, -0.1) is 11.3 Å². The summed E-state index contributed by atoms with van der Waals surface area (Å²) in [6.07, 6.45) is 0.344. The molecule has 4 aromatic rings. The zero-order valence-corrected chi connectivity index (χ0v) is 16.4. The SMILES string of the molecule is COC(=O)c1c(C(O)c2nccs2)n(S(=O)c2ccccc2)c2ccccc12. The zero-order chi connectivity index (χ0) is 19.7. The van der Waals surface area contributed by atoms with E-state index in [1.165, 1.54) is 22.4 Å². The number of para-hydroxylation sites is 1. The van der Waals surface area contributed by atoms with Gasteiger partial charge in [-0.2, -0.15) is 0 Å². The lowest BCUT2D eigenvalue weighted by Crippen LogP contribution is -2.16. The van der Waals surface area contributed by atoms with Crippen molar-refractivity contribution in [2.75, 3.05) is 7.11 Å². The van der Waals surface area contributed by atoms with Crippen LogP contribution in [0, 0.1) is 0 Å². The maximum absolute atomic E-state index is 13.5. The molecule has 0 fully saturated rings. The molecule has 0 saturated carbocycles. The van der Waals surface area contributed by atoms with Crippen molar-refractivity contribution in [3.63, 3.8) is 0 Å². The standard InChI is InChI=1S/C20H16N2O4S2/c1-26-20(24)16-14-9-5-6-10-15(14)22(28(25)13-7-3-2-4-8-13)17(16)18(23)19-21-11-12-27-19/h2-12,18,23H,1H3. The van der Waals surface area contributed by atoms with Crippen molar-refractivity contribution in [1.29, 1.82) is 0 Å². The molecule has 2 heterocycles. The van der Waals surface area contributed by atoms with Crippen molar-refractivity contribution in [3.8, 4) is 0 Å². The van der Waals surface area contributed by atoms with Crippen molar-refractivity contribution in [3.05, 3.63) is 82.4 Å². The number of fused-ring (bicyclic) bond motifs is 1. The third-order valence-electron chi connectivity index (χ3n) is 4.31. The van der Waals surface area contributed by atoms with E-state index in [0.717, 1.165) is 0 Å². The number of methoxy groups -OCH3 is 1. The molecule has 2 aromatic carbocycles. The summed E-state index contributed by atoms with van der Waals surface area (Å²) in [7, 11) is -0.407. The van der Waals surface area contributed by atoms with Gasteiger partial charge < -0.3 is 9.84 Å². The predicted octanol–water partition coefficient (Wildman–Crippen LogP) is 3.54. The second-order valence-electron chi connectivity index (χ2n) is 5.90. The fourth-order valence-corrected chi connectivity index (χ4v) is 5.04. The molecule has 8 heteroatoms. The molecule has 0 spiro atoms. The average Bonchev–Trinajstić information content (AvgIpc) is 3.39. The summed E-state index contributed by atoms with van der Waals surface area (Å²) in [5.74, 6) is -0.606. The predicted molar refractivity (Wildman–Crippen MR) is 108 cm³/mol. The van der Waals surface area contributed by atoms with Gasteiger partial charge in [-0.05, 0) is 18.2 Å². The van der Waals surface area contributed by atoms with Crippen molar-refractivity contribution in [1.82, 2.24) is 8.96 Å². The van der Waals surface area contributed by atoms with Crippen LogP contribution in [0.4, 0.5) is 0 Å². The molecule has 2 atom stereocenters. The number of benzene rings is 2. The molecule has 0 aliphatic heterocycles. The highest BCUT2D eigenvalue weighted by molar-refractivity contribution is 7.83. The number of nitrogens with zero attached hydrogens (tertiary/aromatic N) is 2. The molecule has 0 amide bonds. The summed E-state index contributed by atoms with van der Waals surface area (Å²) in [5.41, 5.74) is 0.950. The van der Waals surface area contributed by atoms with Crippen LogP contribution in [-0.4, -0.2) is 31.4 Å². The van der Waals surface area contributed by atoms with Gasteiger partial charge in [-0.1, -0.05) is 36.4 Å². The van der Waals surface area contributed by atoms with Gasteiger partial charge >= 0.3 is 5.97 Å². The largest absolute Gasteiger partial charge is 0.465 e. The molecular weight excluding hydrogens is 396 g/mol. The molecule has 0 saturated heterocycles. The first-order valence-corrected chi connectivity index (χ1v) is 10.4. The van der Waals surface area contributed by atoms with Crippen LogP contribution in [0.15, 0.2) is 71.1 Å². The summed E-state index contributed by atoms with van der Waals surface area (Å²) in [6, 6.07) is 16.0. The van der Waals surface area contributed by atoms with E-state index in [0.29, 0.717) is 20.8 Å². The number of aliphatic hydroxyl groups is 1. The third kappa shape index (κ3) is 3.05. The number of aromatic nitrogens is 2. The maximum atomic E-state index is 13.5. The first kappa shape index (κ1) is 18.5. The van der Waals surface area contributed by atoms with Crippen molar-refractivity contribution in [2.45, 2.75) is 11.0 Å². The minimum absolute atomic E-state index is 0.185. The second-order valence-corrected chi connectivity index (χ2v) is 8.16. The Hall–Kier alpha value is -2.81. The van der Waals surface area contributed by atoms with Crippen LogP contribution < -0.4 is 0 Å². The Bertz CT molecular complexity index is 1150. The van der Waals surface area contributed by atoms with E-state index in [1.807, 2.05) is 6.07 Å². The average molecular weight is 412 g/mol. The van der Waals surface area contributed by atoms with Gasteiger partial charge in [-0.3, -0.25) is 3.97 Å². The summed E-state index contributed by atoms with van der Waals surface area (Å²) in [4.78, 5) is 17.3. The smallest absolute Gasteiger partial charge is 0.340 e. The lowest BCUT2D eigenvalue weighted by Gasteiger charge is -2.15. The molecule has 0 radical (unpaired) electrons. The molecule has 1 N–H and O–H groups in total. The number of carbonyl (C=O) groups excluding carboxylic acids is 1. The number of rotatable bonds is 5. The van der Waals surface area contributed by atoms with Gasteiger partial charge in [0.05, 0.1) is 28.8 Å². The quantitative estimate of drug-likeness (QED) is 0.507. The van der Waals surface area contributed by atoms with E-state index < -0.39 is 23.1 Å². The topological polar surface area (TPSA) is 81.4 Å². The number of hydrogen-bond acceptors (Lipinski definition) is 6. The number of ether oxygens (including phenoxy) is 1. The summed E-state index contributed by atoms with van der Waals surface area (Å²) in [5, 5.41) is 13.8. The Morgan fingerprint density at radius 3 is 2.57 bits per heavy atom. The Morgan fingerprint density at radius 2 is 1.89 bits per heavy atom. The fraction of sp³-hybridized carbons (Fsp3) is 0.100. The van der Waals surface area contributed by atoms with E-state index in [4.69, 9.17) is 4.74 Å². The zero-order valence-electron chi connectivity index (χ0n) is 14.8. The molecule has 0 aliphatic carbocycles. The van der Waals surface area contributed by atoms with Gasteiger partial charge in [0.1, 0.15) is 11.1 Å². The second kappa shape index (κ2) is 7.67. The van der Waals surface area contributed by atoms with Crippen LogP contribution in [0.1, 0.15) is 27.2 Å². The summed E-state index contributed by atoms with van der Waals surface area (Å²) < 4.78 is 19.9. The van der Waals surface area contributed by atoms with E-state index in [2.05, 4.69) is 4.98 Å². The van der Waals surface area contributed by atoms with Crippen LogP contribution in [0.25, 0.3) is 10.9 Å². The molecule has 0 aliphatic rings. The molecule has 142 valence electrons. The van der Waals surface area contributed by atoms with E-state index in [9.17, 15) is 14.1 Å². The van der Waals surface area contributed by atoms with Crippen molar-refractivity contribution in [2.24, 2.45) is 0 Å². The first-order valence-electron chi connectivity index (χ1n) is 8.40. The number of hydrogen-bond donors (Lipinski definition) is 1. The van der Waals surface area contributed by atoms with Crippen molar-refractivity contribution < 1.29 is 18.8 Å². The number of esters is 1. The minimum Gasteiger partial charge on any atom is -0.465 e. The third-order valence-corrected chi connectivity index (χ3v) is 6.54. The highest BCUT2D eigenvalue weighted by Crippen LogP contribution is 2.36. The molecule has 2 unspecified atom stereocenters. The molecule has 2 aromatic heterocycles. The fourth-order valence-electron chi connectivity index (χ4n) is 3.10. The van der Waals surface area contributed by atoms with Gasteiger partial charge in [-0.25, -0.2) is 14.0 Å². The van der Waals surface area contributed by atoms with Gasteiger partial charge in [0.15, 0.2) is 11.0 Å². The van der Waals surface area contributed by atoms with Crippen LogP contribution in [-0.2, 0) is 15.7 Å². The summed E-state index contributed by atoms with van der Waals surface area (Å²) in [6.45, 7) is 0. The Kier molecular flexibility index (Phi) is 5.08. The van der Waals surface area contributed by atoms with E-state index in [-0.39, 0.29) is 11.3 Å². The van der Waals surface area contributed by atoms with E-state index >= 15 is 0 Å². The molecular formula is C20H16N2O4S2. The van der Waals surface area contributed by atoms with E-state index in [1.54, 1.807) is 60.1 Å². The molecule has 0 bridgehead atoms. The van der Waals surface area contributed by atoms with Crippen molar-refractivity contribution >= 4 is 39.2 Å². The number of aliphatic hydroxyl groups excluding tert-OH is 1. The first-order chi connectivity index (χ1) is 13.6. The Labute approximate surface area is 167 Å². The monoisotopic (exact) mass is 412 g/mol. The minimum atomic E-state index is -1.69. The normalized spacial score (nSPS) is 13.4. The highest BCUT2D eigenvalue weighted by Gasteiger charge is 2.32. The van der Waals surface area contributed by atoms with Crippen LogP contribution in [0.3, 0.4) is 0 Å². The van der Waals surface area contributed by atoms with Crippen LogP contribution in [0.5, 0.6) is 0 Å². The van der Waals surface area contributed by atoms with Gasteiger partial charge in [0.2, 0.25) is 0 Å². The number of thiazole rings is 1. The Morgan fingerprint density at radius 1 is 1.18 bits per heavy atom. The Balaban J connectivity index is 2.06. The highest BCUT2D eigenvalue weighted by atomic mass is 32.2. The molecule has 4 rings (SSSR count). The molecule has 6 nitrogen and oxygen atoms in total. The maximum Gasteiger partial charge on any atom is 0.340 e. The lowest BCUT2D eigenvalue weighted by atomic mass is 10.1. The van der Waals surface area contributed by atoms with Gasteiger partial charge in [0.25, 0.3) is 0 Å².